The van der Waals surface area contributed by atoms with Crippen molar-refractivity contribution in [1.29, 1.82) is 0 Å². The number of hydrogen-bond acceptors (Lipinski definition) is 3. The molecule has 3 rings (SSSR count). The van der Waals surface area contributed by atoms with Gasteiger partial charge in [-0.3, -0.25) is 0 Å². The Kier molecular flexibility index (Phi) is 5.14. The van der Waals surface area contributed by atoms with Crippen molar-refractivity contribution in [1.82, 2.24) is 5.32 Å². The number of nitrogens with one attached hydrogen (secondary N) is 1. The van der Waals surface area contributed by atoms with Gasteiger partial charge in [0, 0.05) is 22.6 Å². The molecule has 2 aromatic carbocycles. The van der Waals surface area contributed by atoms with Crippen molar-refractivity contribution in [3.63, 3.8) is 0 Å². The largest absolute Gasteiger partial charge is 0.313 e. The highest BCUT2D eigenvalue weighted by Crippen LogP contribution is 2.43. The molecule has 0 unspecified atom stereocenters. The predicted molar refractivity (Wildman–Crippen MR) is 98.8 cm³/mol. The Labute approximate surface area is 156 Å². The third-order valence-electron chi connectivity index (χ3n) is 4.53. The minimum atomic E-state index is -3.76. The average Bonchev–Trinajstić information content (AvgIpc) is 2.55. The lowest BCUT2D eigenvalue weighted by Gasteiger charge is -2.32. The SMILES string of the molecule is CN[C@H]1CC[C@@H](c2ccc(Cl)c(Cl)c2)c2ccc(S(=O)(=O)Cl)cc21. The van der Waals surface area contributed by atoms with Gasteiger partial charge < -0.3 is 5.32 Å². The lowest BCUT2D eigenvalue weighted by Crippen LogP contribution is -2.24. The van der Waals surface area contributed by atoms with Crippen LogP contribution in [0.25, 0.3) is 0 Å². The number of benzene rings is 2. The third kappa shape index (κ3) is 3.44. The molecule has 0 bridgehead atoms. The van der Waals surface area contributed by atoms with Crippen LogP contribution in [0.2, 0.25) is 10.0 Å². The zero-order chi connectivity index (χ0) is 17.5. The van der Waals surface area contributed by atoms with Gasteiger partial charge in [0.25, 0.3) is 9.05 Å². The first-order chi connectivity index (χ1) is 11.3. The first kappa shape index (κ1) is 18.0. The maximum absolute atomic E-state index is 11.7. The molecule has 3 nitrogen and oxygen atoms in total. The van der Waals surface area contributed by atoms with E-state index in [2.05, 4.69) is 5.32 Å². The van der Waals surface area contributed by atoms with Crippen molar-refractivity contribution in [3.8, 4) is 0 Å². The Hall–Kier alpha value is -0.780. The van der Waals surface area contributed by atoms with Crippen molar-refractivity contribution in [2.75, 3.05) is 7.05 Å². The van der Waals surface area contributed by atoms with E-state index in [1.165, 1.54) is 0 Å². The molecule has 0 aliphatic heterocycles. The van der Waals surface area contributed by atoms with Crippen LogP contribution in [0.4, 0.5) is 0 Å². The van der Waals surface area contributed by atoms with Gasteiger partial charge in [0.15, 0.2) is 0 Å². The molecule has 0 aromatic heterocycles. The van der Waals surface area contributed by atoms with E-state index in [0.717, 1.165) is 29.5 Å². The van der Waals surface area contributed by atoms with Gasteiger partial charge >= 0.3 is 0 Å². The normalized spacial score (nSPS) is 20.7. The van der Waals surface area contributed by atoms with Crippen LogP contribution >= 0.6 is 33.9 Å². The lowest BCUT2D eigenvalue weighted by atomic mass is 9.77. The van der Waals surface area contributed by atoms with E-state index < -0.39 is 9.05 Å². The highest BCUT2D eigenvalue weighted by atomic mass is 35.7. The molecule has 0 amide bonds. The van der Waals surface area contributed by atoms with Crippen LogP contribution in [0.5, 0.6) is 0 Å². The summed E-state index contributed by atoms with van der Waals surface area (Å²) < 4.78 is 23.3. The fourth-order valence-electron chi connectivity index (χ4n) is 3.34. The first-order valence-electron chi connectivity index (χ1n) is 7.52. The van der Waals surface area contributed by atoms with Crippen LogP contribution < -0.4 is 5.32 Å². The van der Waals surface area contributed by atoms with Crippen LogP contribution in [-0.2, 0) is 9.05 Å². The number of rotatable bonds is 3. The summed E-state index contributed by atoms with van der Waals surface area (Å²) in [6, 6.07) is 10.8. The van der Waals surface area contributed by atoms with E-state index in [1.807, 2.05) is 25.2 Å². The summed E-state index contributed by atoms with van der Waals surface area (Å²) in [4.78, 5) is 0.123. The molecule has 0 heterocycles. The number of halogens is 3. The number of fused-ring (bicyclic) bond motifs is 1. The summed E-state index contributed by atoms with van der Waals surface area (Å²) in [5.74, 6) is 0.145. The van der Waals surface area contributed by atoms with Crippen molar-refractivity contribution in [3.05, 3.63) is 63.1 Å². The van der Waals surface area contributed by atoms with E-state index in [4.69, 9.17) is 33.9 Å². The van der Waals surface area contributed by atoms with Gasteiger partial charge in [-0.15, -0.1) is 0 Å². The van der Waals surface area contributed by atoms with Crippen molar-refractivity contribution in [2.45, 2.75) is 29.7 Å². The van der Waals surface area contributed by atoms with Crippen LogP contribution in [0.3, 0.4) is 0 Å². The zero-order valence-corrected chi connectivity index (χ0v) is 16.0. The fourth-order valence-corrected chi connectivity index (χ4v) is 4.44. The monoisotopic (exact) mass is 403 g/mol. The Bertz CT molecular complexity index is 883. The average molecular weight is 405 g/mol. The molecule has 2 atom stereocenters. The second-order valence-corrected chi connectivity index (χ2v) is 9.25. The maximum atomic E-state index is 11.7. The molecule has 0 spiro atoms. The van der Waals surface area contributed by atoms with E-state index in [-0.39, 0.29) is 16.9 Å². The lowest BCUT2D eigenvalue weighted by molar-refractivity contribution is 0.469. The molecule has 1 aliphatic rings. The van der Waals surface area contributed by atoms with Gasteiger partial charge in [-0.25, -0.2) is 8.42 Å². The minimum absolute atomic E-state index is 0.0948. The van der Waals surface area contributed by atoms with Gasteiger partial charge in [-0.1, -0.05) is 35.3 Å². The summed E-state index contributed by atoms with van der Waals surface area (Å²) in [6.07, 6.45) is 1.82. The van der Waals surface area contributed by atoms with E-state index in [9.17, 15) is 8.42 Å². The highest BCUT2D eigenvalue weighted by molar-refractivity contribution is 8.13. The molecule has 24 heavy (non-hydrogen) atoms. The maximum Gasteiger partial charge on any atom is 0.261 e. The topological polar surface area (TPSA) is 46.2 Å². The Balaban J connectivity index is 2.12. The first-order valence-corrected chi connectivity index (χ1v) is 10.6. The van der Waals surface area contributed by atoms with Crippen molar-refractivity contribution in [2.24, 2.45) is 0 Å². The molecule has 2 aromatic rings. The molecule has 0 fully saturated rings. The minimum Gasteiger partial charge on any atom is -0.313 e. The van der Waals surface area contributed by atoms with Gasteiger partial charge in [0.2, 0.25) is 0 Å². The molecular formula is C17H16Cl3NO2S. The smallest absolute Gasteiger partial charge is 0.261 e. The molecule has 1 aliphatic carbocycles. The molecule has 0 saturated heterocycles. The van der Waals surface area contributed by atoms with E-state index in [1.54, 1.807) is 18.2 Å². The van der Waals surface area contributed by atoms with E-state index >= 15 is 0 Å². The predicted octanol–water partition coefficient (Wildman–Crippen LogP) is 5.11. The fraction of sp³-hybridized carbons (Fsp3) is 0.294. The highest BCUT2D eigenvalue weighted by Gasteiger charge is 2.29. The second kappa shape index (κ2) is 6.85. The number of hydrogen-bond donors (Lipinski definition) is 1. The summed E-state index contributed by atoms with van der Waals surface area (Å²) in [5.41, 5.74) is 3.12. The van der Waals surface area contributed by atoms with Crippen LogP contribution in [0.15, 0.2) is 41.3 Å². The zero-order valence-electron chi connectivity index (χ0n) is 12.9. The van der Waals surface area contributed by atoms with E-state index in [0.29, 0.717) is 10.0 Å². The van der Waals surface area contributed by atoms with Gasteiger partial charge in [0.05, 0.1) is 14.9 Å². The molecule has 1 N–H and O–H groups in total. The van der Waals surface area contributed by atoms with Crippen LogP contribution in [0.1, 0.15) is 41.5 Å². The summed E-state index contributed by atoms with van der Waals surface area (Å²) in [6.45, 7) is 0. The third-order valence-corrected chi connectivity index (χ3v) is 6.62. The molecule has 0 radical (unpaired) electrons. The van der Waals surface area contributed by atoms with Crippen molar-refractivity contribution < 1.29 is 8.42 Å². The standard InChI is InChI=1S/C17H16Cl3NO2S/c1-21-17-7-5-12(10-2-6-15(18)16(19)8-10)13-4-3-11(9-14(13)17)24(20,22)23/h2-4,6,8-9,12,17,21H,5,7H2,1H3/t12-,17-/m0/s1. The van der Waals surface area contributed by atoms with Gasteiger partial charge in [-0.05, 0) is 60.8 Å². The molecular weight excluding hydrogens is 389 g/mol. The quantitative estimate of drug-likeness (QED) is 0.723. The summed E-state index contributed by atoms with van der Waals surface area (Å²) in [5, 5.41) is 4.29. The van der Waals surface area contributed by atoms with Crippen LogP contribution in [-0.4, -0.2) is 15.5 Å². The van der Waals surface area contributed by atoms with Gasteiger partial charge in [-0.2, -0.15) is 0 Å². The summed E-state index contributed by atoms with van der Waals surface area (Å²) in [7, 11) is 3.62. The summed E-state index contributed by atoms with van der Waals surface area (Å²) >= 11 is 12.2. The van der Waals surface area contributed by atoms with Crippen LogP contribution in [0, 0.1) is 0 Å². The Morgan fingerprint density at radius 3 is 2.38 bits per heavy atom. The molecule has 128 valence electrons. The molecule has 0 saturated carbocycles. The van der Waals surface area contributed by atoms with Gasteiger partial charge in [0.1, 0.15) is 0 Å². The second-order valence-electron chi connectivity index (χ2n) is 5.87. The Morgan fingerprint density at radius 1 is 1.00 bits per heavy atom. The molecule has 7 heteroatoms. The van der Waals surface area contributed by atoms with Crippen molar-refractivity contribution >= 4 is 42.9 Å². The Morgan fingerprint density at radius 2 is 1.75 bits per heavy atom.